The molecule has 0 spiro atoms. The number of carbonyl (C=O) groups is 2. The number of piperidine rings is 1. The van der Waals surface area contributed by atoms with Crippen molar-refractivity contribution in [3.05, 3.63) is 0 Å². The van der Waals surface area contributed by atoms with Gasteiger partial charge in [0.05, 0.1) is 0 Å². The topological polar surface area (TPSA) is 58.2 Å². The normalized spacial score (nSPS) is 26.5. The van der Waals surface area contributed by atoms with Crippen molar-refractivity contribution in [2.75, 3.05) is 13.1 Å². The monoisotopic (exact) mass is 238 g/mol. The van der Waals surface area contributed by atoms with E-state index < -0.39 is 0 Å². The van der Waals surface area contributed by atoms with E-state index in [0.29, 0.717) is 24.3 Å². The van der Waals surface area contributed by atoms with Gasteiger partial charge in [-0.1, -0.05) is 13.8 Å². The number of amides is 2. The van der Waals surface area contributed by atoms with Crippen LogP contribution in [0.5, 0.6) is 0 Å². The lowest BCUT2D eigenvalue weighted by Gasteiger charge is -2.24. The fraction of sp³-hybridized carbons (Fsp3) is 0.846. The Kier molecular flexibility index (Phi) is 3.40. The second-order valence-electron chi connectivity index (χ2n) is 5.77. The molecule has 2 N–H and O–H groups in total. The Hall–Kier alpha value is -1.06. The Labute approximate surface area is 103 Å². The molecule has 4 heteroatoms. The number of hydrogen-bond donors (Lipinski definition) is 2. The van der Waals surface area contributed by atoms with Gasteiger partial charge in [0.2, 0.25) is 11.8 Å². The van der Waals surface area contributed by atoms with Gasteiger partial charge in [-0.2, -0.15) is 0 Å². The number of rotatable bonds is 4. The Balaban J connectivity index is 1.79. The molecule has 2 amide bonds. The van der Waals surface area contributed by atoms with Crippen LogP contribution in [0, 0.1) is 17.3 Å². The van der Waals surface area contributed by atoms with Crippen molar-refractivity contribution in [2.24, 2.45) is 17.3 Å². The summed E-state index contributed by atoms with van der Waals surface area (Å²) >= 11 is 0. The minimum absolute atomic E-state index is 0.00129. The molecule has 1 saturated heterocycles. The Morgan fingerprint density at radius 2 is 2.24 bits per heavy atom. The zero-order valence-electron chi connectivity index (χ0n) is 10.7. The molecule has 2 rings (SSSR count). The zero-order valence-corrected chi connectivity index (χ0v) is 10.7. The van der Waals surface area contributed by atoms with E-state index in [1.54, 1.807) is 0 Å². The Morgan fingerprint density at radius 3 is 2.76 bits per heavy atom. The summed E-state index contributed by atoms with van der Waals surface area (Å²) in [6, 6.07) is 0. The van der Waals surface area contributed by atoms with Crippen molar-refractivity contribution in [1.82, 2.24) is 10.6 Å². The average Bonchev–Trinajstić information content (AvgIpc) is 3.07. The molecule has 0 aromatic heterocycles. The van der Waals surface area contributed by atoms with Crippen molar-refractivity contribution in [3.8, 4) is 0 Å². The average molecular weight is 238 g/mol. The van der Waals surface area contributed by atoms with Crippen molar-refractivity contribution in [3.63, 3.8) is 0 Å². The molecular formula is C13H22N2O2. The van der Waals surface area contributed by atoms with E-state index in [1.165, 1.54) is 12.8 Å². The van der Waals surface area contributed by atoms with E-state index in [1.807, 2.05) is 0 Å². The molecule has 1 aliphatic heterocycles. The first-order chi connectivity index (χ1) is 8.03. The third-order valence-electron chi connectivity index (χ3n) is 4.35. The predicted molar refractivity (Wildman–Crippen MR) is 65.2 cm³/mol. The zero-order chi connectivity index (χ0) is 12.5. The number of nitrogens with one attached hydrogen (secondary N) is 2. The molecule has 1 saturated carbocycles. The van der Waals surface area contributed by atoms with Crippen LogP contribution in [0.3, 0.4) is 0 Å². The van der Waals surface area contributed by atoms with Gasteiger partial charge in [-0.25, -0.2) is 0 Å². The molecule has 2 aliphatic rings. The van der Waals surface area contributed by atoms with E-state index >= 15 is 0 Å². The maximum absolute atomic E-state index is 11.9. The summed E-state index contributed by atoms with van der Waals surface area (Å²) in [4.78, 5) is 23.2. The third-order valence-corrected chi connectivity index (χ3v) is 4.35. The minimum atomic E-state index is -0.119. The molecule has 0 bridgehead atoms. The van der Waals surface area contributed by atoms with Crippen LogP contribution in [0.1, 0.15) is 39.5 Å². The van der Waals surface area contributed by atoms with Crippen molar-refractivity contribution in [1.29, 1.82) is 0 Å². The van der Waals surface area contributed by atoms with E-state index in [2.05, 4.69) is 24.5 Å². The maximum atomic E-state index is 11.9. The summed E-state index contributed by atoms with van der Waals surface area (Å²) in [7, 11) is 0. The van der Waals surface area contributed by atoms with Crippen LogP contribution in [-0.4, -0.2) is 24.9 Å². The first-order valence-electron chi connectivity index (χ1n) is 6.58. The van der Waals surface area contributed by atoms with E-state index in [9.17, 15) is 9.59 Å². The van der Waals surface area contributed by atoms with Crippen LogP contribution in [0.15, 0.2) is 0 Å². The molecule has 0 radical (unpaired) electrons. The highest BCUT2D eigenvalue weighted by Gasteiger charge is 2.45. The van der Waals surface area contributed by atoms with Gasteiger partial charge in [-0.3, -0.25) is 9.59 Å². The molecule has 96 valence electrons. The molecule has 4 nitrogen and oxygen atoms in total. The highest BCUT2D eigenvalue weighted by Crippen LogP contribution is 2.51. The van der Waals surface area contributed by atoms with Crippen LogP contribution in [-0.2, 0) is 9.59 Å². The largest absolute Gasteiger partial charge is 0.356 e. The van der Waals surface area contributed by atoms with Crippen LogP contribution in [0.4, 0.5) is 0 Å². The fourth-order valence-corrected chi connectivity index (χ4v) is 2.53. The molecule has 0 aromatic rings. The molecular weight excluding hydrogens is 216 g/mol. The standard InChI is InChI=1S/C13H22N2O2/c1-9(2)13(4-5-13)8-15-12(17)10-3-6-14-11(16)7-10/h9-10H,3-8H2,1-2H3,(H,14,16)(H,15,17). The lowest BCUT2D eigenvalue weighted by molar-refractivity contribution is -0.132. The van der Waals surface area contributed by atoms with E-state index in [4.69, 9.17) is 0 Å². The summed E-state index contributed by atoms with van der Waals surface area (Å²) < 4.78 is 0. The first kappa shape index (κ1) is 12.4. The quantitative estimate of drug-likeness (QED) is 0.769. The van der Waals surface area contributed by atoms with Crippen LogP contribution >= 0.6 is 0 Å². The summed E-state index contributed by atoms with van der Waals surface area (Å²) in [5, 5.41) is 5.79. The summed E-state index contributed by atoms with van der Waals surface area (Å²) in [6.45, 7) is 5.84. The van der Waals surface area contributed by atoms with Crippen LogP contribution < -0.4 is 10.6 Å². The summed E-state index contributed by atoms with van der Waals surface area (Å²) in [5.41, 5.74) is 0.340. The SMILES string of the molecule is CC(C)C1(CNC(=O)C2CCNC(=O)C2)CC1. The number of hydrogen-bond acceptors (Lipinski definition) is 2. The lowest BCUT2D eigenvalue weighted by atomic mass is 9.91. The van der Waals surface area contributed by atoms with Gasteiger partial charge in [0.15, 0.2) is 0 Å². The Morgan fingerprint density at radius 1 is 1.53 bits per heavy atom. The van der Waals surface area contributed by atoms with Gasteiger partial charge in [0.1, 0.15) is 0 Å². The first-order valence-corrected chi connectivity index (χ1v) is 6.58. The van der Waals surface area contributed by atoms with Gasteiger partial charge in [-0.05, 0) is 30.6 Å². The summed E-state index contributed by atoms with van der Waals surface area (Å²) in [6.07, 6.45) is 3.55. The molecule has 1 heterocycles. The van der Waals surface area contributed by atoms with Crippen LogP contribution in [0.2, 0.25) is 0 Å². The van der Waals surface area contributed by atoms with Crippen molar-refractivity contribution >= 4 is 11.8 Å². The molecule has 1 unspecified atom stereocenters. The van der Waals surface area contributed by atoms with Gasteiger partial charge < -0.3 is 10.6 Å². The molecule has 1 aliphatic carbocycles. The van der Waals surface area contributed by atoms with E-state index in [0.717, 1.165) is 13.0 Å². The van der Waals surface area contributed by atoms with Gasteiger partial charge in [-0.15, -0.1) is 0 Å². The molecule has 2 fully saturated rings. The second kappa shape index (κ2) is 4.67. The van der Waals surface area contributed by atoms with Crippen LogP contribution in [0.25, 0.3) is 0 Å². The maximum Gasteiger partial charge on any atom is 0.223 e. The predicted octanol–water partition coefficient (Wildman–Crippen LogP) is 1.06. The van der Waals surface area contributed by atoms with Crippen molar-refractivity contribution in [2.45, 2.75) is 39.5 Å². The smallest absolute Gasteiger partial charge is 0.223 e. The third kappa shape index (κ3) is 2.79. The minimum Gasteiger partial charge on any atom is -0.356 e. The second-order valence-corrected chi connectivity index (χ2v) is 5.77. The van der Waals surface area contributed by atoms with E-state index in [-0.39, 0.29) is 17.7 Å². The highest BCUT2D eigenvalue weighted by molar-refractivity contribution is 5.86. The van der Waals surface area contributed by atoms with Gasteiger partial charge in [0.25, 0.3) is 0 Å². The summed E-state index contributed by atoms with van der Waals surface area (Å²) in [5.74, 6) is 0.567. The highest BCUT2D eigenvalue weighted by atomic mass is 16.2. The number of carbonyl (C=O) groups excluding carboxylic acids is 2. The van der Waals surface area contributed by atoms with Gasteiger partial charge >= 0.3 is 0 Å². The Bertz CT molecular complexity index is 321. The lowest BCUT2D eigenvalue weighted by Crippen LogP contribution is -2.43. The van der Waals surface area contributed by atoms with Gasteiger partial charge in [0, 0.05) is 25.4 Å². The molecule has 0 aromatic carbocycles. The molecule has 17 heavy (non-hydrogen) atoms. The van der Waals surface area contributed by atoms with Crippen molar-refractivity contribution < 1.29 is 9.59 Å². The molecule has 1 atom stereocenters. The fourth-order valence-electron chi connectivity index (χ4n) is 2.53.